The largest absolute Gasteiger partial charge is 0.508 e. The standard InChI is InChI=1S/C27H37F3O3/c1-3-26-14-13-17-15-19(31)9-10-20(17)24(26)18(16-25(2)21(26)11-12-22(25)32)7-5-4-6-8-23(33)27(28,29)30/h3,9-10,15,18,21-24,31-33H,1,4-8,11-14,16H2,2H3/t18-,21+,22-,23+,24+,25-,26+/m0/s1. The molecule has 2 saturated carbocycles. The lowest BCUT2D eigenvalue weighted by Gasteiger charge is -2.60. The van der Waals surface area contributed by atoms with Gasteiger partial charge in [-0.1, -0.05) is 38.3 Å². The van der Waals surface area contributed by atoms with Gasteiger partial charge in [0.25, 0.3) is 0 Å². The topological polar surface area (TPSA) is 60.7 Å². The second-order valence-electron chi connectivity index (χ2n) is 11.0. The number of unbranched alkanes of at least 4 members (excludes halogenated alkanes) is 2. The maximum absolute atomic E-state index is 12.6. The van der Waals surface area contributed by atoms with Gasteiger partial charge in [-0.25, -0.2) is 0 Å². The number of hydrogen-bond acceptors (Lipinski definition) is 3. The van der Waals surface area contributed by atoms with E-state index in [-0.39, 0.29) is 40.9 Å². The molecular formula is C27H37F3O3. The minimum absolute atomic E-state index is 0.119. The molecule has 33 heavy (non-hydrogen) atoms. The number of rotatable bonds is 7. The quantitative estimate of drug-likeness (QED) is 0.328. The third kappa shape index (κ3) is 4.22. The number of phenols is 1. The van der Waals surface area contributed by atoms with E-state index in [1.54, 1.807) is 6.07 Å². The molecule has 0 heterocycles. The molecule has 4 rings (SSSR count). The van der Waals surface area contributed by atoms with Crippen LogP contribution in [0.4, 0.5) is 13.2 Å². The molecular weight excluding hydrogens is 429 g/mol. The van der Waals surface area contributed by atoms with Crippen molar-refractivity contribution in [3.05, 3.63) is 42.0 Å². The van der Waals surface area contributed by atoms with Gasteiger partial charge in [0.1, 0.15) is 11.9 Å². The summed E-state index contributed by atoms with van der Waals surface area (Å²) in [6, 6.07) is 5.67. The second kappa shape index (κ2) is 8.92. The van der Waals surface area contributed by atoms with Crippen LogP contribution in [0, 0.1) is 22.7 Å². The molecule has 2 fully saturated rings. The van der Waals surface area contributed by atoms with E-state index in [1.165, 1.54) is 11.1 Å². The first-order valence-corrected chi connectivity index (χ1v) is 12.4. The molecule has 1 aromatic carbocycles. The van der Waals surface area contributed by atoms with Crippen molar-refractivity contribution in [2.45, 2.75) is 95.4 Å². The van der Waals surface area contributed by atoms with E-state index in [1.807, 2.05) is 12.1 Å². The van der Waals surface area contributed by atoms with Crippen LogP contribution in [0.25, 0.3) is 0 Å². The van der Waals surface area contributed by atoms with E-state index in [9.17, 15) is 28.5 Å². The fourth-order valence-corrected chi connectivity index (χ4v) is 7.78. The molecule has 1 aromatic rings. The van der Waals surface area contributed by atoms with Gasteiger partial charge in [0.15, 0.2) is 0 Å². The Morgan fingerprint density at radius 1 is 1.21 bits per heavy atom. The van der Waals surface area contributed by atoms with Gasteiger partial charge in [0.05, 0.1) is 6.10 Å². The molecule has 3 aliphatic carbocycles. The fourth-order valence-electron chi connectivity index (χ4n) is 7.78. The molecule has 3 aliphatic rings. The summed E-state index contributed by atoms with van der Waals surface area (Å²) in [6.45, 7) is 6.51. The highest BCUT2D eigenvalue weighted by Crippen LogP contribution is 2.69. The van der Waals surface area contributed by atoms with Crippen LogP contribution in [0.3, 0.4) is 0 Å². The number of phenolic OH excluding ortho intramolecular Hbond substituents is 1. The van der Waals surface area contributed by atoms with Crippen LogP contribution in [-0.2, 0) is 6.42 Å². The van der Waals surface area contributed by atoms with Gasteiger partial charge in [0, 0.05) is 0 Å². The normalized spacial score (nSPS) is 36.5. The molecule has 3 N–H and O–H groups in total. The van der Waals surface area contributed by atoms with E-state index in [0.717, 1.165) is 44.9 Å². The molecule has 0 saturated heterocycles. The Kier molecular flexibility index (Phi) is 6.65. The molecule has 0 unspecified atom stereocenters. The molecule has 0 amide bonds. The molecule has 184 valence electrons. The Hall–Kier alpha value is -1.53. The Morgan fingerprint density at radius 2 is 1.97 bits per heavy atom. The molecule has 0 aromatic heterocycles. The SMILES string of the molecule is C=C[C@]12CCc3cc(O)ccc3[C@H]1[C@@H](CCCCC[C@@H](O)C(F)(F)F)C[C@@]1(C)[C@H]2CC[C@@H]1O. The van der Waals surface area contributed by atoms with Crippen LogP contribution in [-0.4, -0.2) is 33.7 Å². The number of aliphatic hydroxyl groups is 2. The lowest BCUT2D eigenvalue weighted by molar-refractivity contribution is -0.205. The maximum Gasteiger partial charge on any atom is 0.414 e. The number of hydrogen-bond donors (Lipinski definition) is 3. The van der Waals surface area contributed by atoms with Gasteiger partial charge >= 0.3 is 6.18 Å². The lowest BCUT2D eigenvalue weighted by atomic mass is 9.44. The van der Waals surface area contributed by atoms with Crippen LogP contribution in [0.1, 0.15) is 81.8 Å². The highest BCUT2D eigenvalue weighted by atomic mass is 19.4. The minimum atomic E-state index is -4.55. The molecule has 0 radical (unpaired) electrons. The Bertz CT molecular complexity index is 869. The molecule has 0 bridgehead atoms. The third-order valence-corrected chi connectivity index (χ3v) is 9.29. The van der Waals surface area contributed by atoms with Crippen LogP contribution >= 0.6 is 0 Å². The van der Waals surface area contributed by atoms with Crippen LogP contribution in [0.2, 0.25) is 0 Å². The highest BCUT2D eigenvalue weighted by Gasteiger charge is 2.63. The van der Waals surface area contributed by atoms with Gasteiger partial charge < -0.3 is 15.3 Å². The first-order chi connectivity index (χ1) is 15.5. The maximum atomic E-state index is 12.6. The average Bonchev–Trinajstić information content (AvgIpc) is 3.06. The molecule has 0 spiro atoms. The number of halogens is 3. The van der Waals surface area contributed by atoms with Gasteiger partial charge in [-0.2, -0.15) is 13.2 Å². The van der Waals surface area contributed by atoms with Gasteiger partial charge in [-0.15, -0.1) is 6.58 Å². The summed E-state index contributed by atoms with van der Waals surface area (Å²) < 4.78 is 37.8. The Labute approximate surface area is 194 Å². The Balaban J connectivity index is 1.57. The van der Waals surface area contributed by atoms with Crippen molar-refractivity contribution in [3.8, 4) is 5.75 Å². The van der Waals surface area contributed by atoms with Crippen molar-refractivity contribution in [2.75, 3.05) is 0 Å². The van der Waals surface area contributed by atoms with Crippen LogP contribution < -0.4 is 0 Å². The van der Waals surface area contributed by atoms with Crippen molar-refractivity contribution in [2.24, 2.45) is 22.7 Å². The molecule has 0 aliphatic heterocycles. The lowest BCUT2D eigenvalue weighted by Crippen LogP contribution is -2.54. The number of aliphatic hydroxyl groups excluding tert-OH is 2. The summed E-state index contributed by atoms with van der Waals surface area (Å²) >= 11 is 0. The summed E-state index contributed by atoms with van der Waals surface area (Å²) in [7, 11) is 0. The first-order valence-electron chi connectivity index (χ1n) is 12.4. The summed E-state index contributed by atoms with van der Waals surface area (Å²) in [5.74, 6) is 1.15. The summed E-state index contributed by atoms with van der Waals surface area (Å²) in [6.07, 6.45) is 1.89. The van der Waals surface area contributed by atoms with E-state index in [4.69, 9.17) is 0 Å². The minimum Gasteiger partial charge on any atom is -0.508 e. The van der Waals surface area contributed by atoms with Crippen molar-refractivity contribution in [1.82, 2.24) is 0 Å². The van der Waals surface area contributed by atoms with Gasteiger partial charge in [-0.3, -0.25) is 0 Å². The van der Waals surface area contributed by atoms with Gasteiger partial charge in [-0.05, 0) is 96.8 Å². The Morgan fingerprint density at radius 3 is 2.67 bits per heavy atom. The average molecular weight is 467 g/mol. The zero-order chi connectivity index (χ0) is 24.0. The fraction of sp³-hybridized carbons (Fsp3) is 0.704. The number of benzene rings is 1. The summed E-state index contributed by atoms with van der Waals surface area (Å²) in [5.41, 5.74) is 2.14. The number of alkyl halides is 3. The number of aromatic hydroxyl groups is 1. The zero-order valence-corrected chi connectivity index (χ0v) is 19.4. The number of aryl methyl sites for hydroxylation is 1. The second-order valence-corrected chi connectivity index (χ2v) is 11.0. The predicted molar refractivity (Wildman–Crippen MR) is 122 cm³/mol. The van der Waals surface area contributed by atoms with Crippen molar-refractivity contribution >= 4 is 0 Å². The molecule has 3 nitrogen and oxygen atoms in total. The van der Waals surface area contributed by atoms with Crippen molar-refractivity contribution < 1.29 is 28.5 Å². The van der Waals surface area contributed by atoms with E-state index in [2.05, 4.69) is 19.6 Å². The van der Waals surface area contributed by atoms with Gasteiger partial charge in [0.2, 0.25) is 0 Å². The predicted octanol–water partition coefficient (Wildman–Crippen LogP) is 6.27. The third-order valence-electron chi connectivity index (χ3n) is 9.29. The van der Waals surface area contributed by atoms with Crippen molar-refractivity contribution in [3.63, 3.8) is 0 Å². The van der Waals surface area contributed by atoms with Crippen LogP contribution in [0.5, 0.6) is 5.75 Å². The van der Waals surface area contributed by atoms with E-state index in [0.29, 0.717) is 18.8 Å². The first kappa shape index (κ1) is 24.6. The summed E-state index contributed by atoms with van der Waals surface area (Å²) in [5, 5.41) is 30.3. The van der Waals surface area contributed by atoms with E-state index >= 15 is 0 Å². The smallest absolute Gasteiger partial charge is 0.414 e. The van der Waals surface area contributed by atoms with Crippen molar-refractivity contribution in [1.29, 1.82) is 0 Å². The van der Waals surface area contributed by atoms with E-state index < -0.39 is 12.3 Å². The highest BCUT2D eigenvalue weighted by molar-refractivity contribution is 5.43. The number of fused-ring (bicyclic) bond motifs is 5. The molecule has 7 atom stereocenters. The monoisotopic (exact) mass is 466 g/mol. The van der Waals surface area contributed by atoms with Crippen LogP contribution in [0.15, 0.2) is 30.9 Å². The molecule has 6 heteroatoms. The summed E-state index contributed by atoms with van der Waals surface area (Å²) in [4.78, 5) is 0. The number of allylic oxidation sites excluding steroid dienone is 1. The zero-order valence-electron chi connectivity index (χ0n) is 19.4.